The van der Waals surface area contributed by atoms with Gasteiger partial charge in [-0.25, -0.2) is 4.39 Å². The Balaban J connectivity index is 1.88. The van der Waals surface area contributed by atoms with Crippen LogP contribution in [0, 0.1) is 5.82 Å². The standard InChI is InChI=1S/C22H23FS/c1-3-5-6-8-16-9-11-17(12-10-16)20-15-19-14-13-18(7-4-2)21(23)22(19)24-20/h3,5,9-15H,4,6-8H2,1-2H3/b5-3+. The van der Waals surface area contributed by atoms with Gasteiger partial charge in [0.25, 0.3) is 0 Å². The van der Waals surface area contributed by atoms with Crippen LogP contribution < -0.4 is 0 Å². The molecule has 0 aliphatic carbocycles. The number of halogens is 1. The van der Waals surface area contributed by atoms with Crippen molar-refractivity contribution >= 4 is 21.4 Å². The van der Waals surface area contributed by atoms with Gasteiger partial charge in [0, 0.05) is 4.88 Å². The Hall–Kier alpha value is -1.93. The lowest BCUT2D eigenvalue weighted by atomic mass is 10.1. The van der Waals surface area contributed by atoms with Crippen LogP contribution >= 0.6 is 11.3 Å². The third-order valence-corrected chi connectivity index (χ3v) is 5.49. The number of rotatable bonds is 6. The van der Waals surface area contributed by atoms with Gasteiger partial charge in [-0.2, -0.15) is 0 Å². The molecule has 0 amide bonds. The third kappa shape index (κ3) is 3.59. The summed E-state index contributed by atoms with van der Waals surface area (Å²) in [7, 11) is 0. The van der Waals surface area contributed by atoms with Gasteiger partial charge >= 0.3 is 0 Å². The molecule has 0 bridgehead atoms. The number of hydrogen-bond donors (Lipinski definition) is 0. The number of benzene rings is 2. The van der Waals surface area contributed by atoms with Crippen LogP contribution in [0.5, 0.6) is 0 Å². The van der Waals surface area contributed by atoms with E-state index < -0.39 is 0 Å². The lowest BCUT2D eigenvalue weighted by Gasteiger charge is -2.01. The van der Waals surface area contributed by atoms with E-state index in [1.54, 1.807) is 11.3 Å². The molecule has 0 spiro atoms. The second-order valence-electron chi connectivity index (χ2n) is 6.12. The van der Waals surface area contributed by atoms with Gasteiger partial charge in [-0.15, -0.1) is 11.3 Å². The molecular weight excluding hydrogens is 315 g/mol. The van der Waals surface area contributed by atoms with Gasteiger partial charge in [-0.3, -0.25) is 0 Å². The van der Waals surface area contributed by atoms with Crippen molar-refractivity contribution in [2.75, 3.05) is 0 Å². The van der Waals surface area contributed by atoms with Gasteiger partial charge in [-0.05, 0) is 54.3 Å². The molecule has 0 aliphatic heterocycles. The third-order valence-electron chi connectivity index (χ3n) is 4.30. The van der Waals surface area contributed by atoms with Crippen LogP contribution in [0.4, 0.5) is 4.39 Å². The molecule has 0 radical (unpaired) electrons. The first-order valence-electron chi connectivity index (χ1n) is 8.64. The lowest BCUT2D eigenvalue weighted by molar-refractivity contribution is 0.621. The second-order valence-corrected chi connectivity index (χ2v) is 7.17. The highest BCUT2D eigenvalue weighted by Gasteiger charge is 2.11. The molecule has 0 fully saturated rings. The Bertz CT molecular complexity index is 840. The highest BCUT2D eigenvalue weighted by Crippen LogP contribution is 2.36. The van der Waals surface area contributed by atoms with E-state index in [0.717, 1.165) is 46.2 Å². The van der Waals surface area contributed by atoms with E-state index in [-0.39, 0.29) is 5.82 Å². The average molecular weight is 338 g/mol. The van der Waals surface area contributed by atoms with Gasteiger partial charge < -0.3 is 0 Å². The van der Waals surface area contributed by atoms with Crippen molar-refractivity contribution in [1.29, 1.82) is 0 Å². The second kappa shape index (κ2) is 7.76. The van der Waals surface area contributed by atoms with E-state index in [1.807, 2.05) is 6.07 Å². The lowest BCUT2D eigenvalue weighted by Crippen LogP contribution is -1.88. The minimum Gasteiger partial charge on any atom is -0.205 e. The summed E-state index contributed by atoms with van der Waals surface area (Å²) in [6.07, 6.45) is 8.19. The van der Waals surface area contributed by atoms with Crippen molar-refractivity contribution < 1.29 is 4.39 Å². The van der Waals surface area contributed by atoms with Crippen LogP contribution in [0.2, 0.25) is 0 Å². The highest BCUT2D eigenvalue weighted by molar-refractivity contribution is 7.22. The summed E-state index contributed by atoms with van der Waals surface area (Å²) < 4.78 is 15.4. The van der Waals surface area contributed by atoms with E-state index in [4.69, 9.17) is 0 Å². The topological polar surface area (TPSA) is 0 Å². The summed E-state index contributed by atoms with van der Waals surface area (Å²) in [4.78, 5) is 1.14. The molecule has 1 heterocycles. The molecule has 2 aromatic carbocycles. The molecule has 3 rings (SSSR count). The smallest absolute Gasteiger partial charge is 0.144 e. The summed E-state index contributed by atoms with van der Waals surface area (Å²) in [5.74, 6) is -0.0337. The number of thiophene rings is 1. The zero-order valence-corrected chi connectivity index (χ0v) is 15.1. The van der Waals surface area contributed by atoms with E-state index in [1.165, 1.54) is 11.1 Å². The van der Waals surface area contributed by atoms with Crippen molar-refractivity contribution in [2.45, 2.75) is 39.5 Å². The van der Waals surface area contributed by atoms with E-state index in [2.05, 4.69) is 62.4 Å². The monoisotopic (exact) mass is 338 g/mol. The number of hydrogen-bond acceptors (Lipinski definition) is 1. The first-order valence-corrected chi connectivity index (χ1v) is 9.46. The molecule has 0 N–H and O–H groups in total. The quantitative estimate of drug-likeness (QED) is 0.418. The largest absolute Gasteiger partial charge is 0.205 e. The summed E-state index contributed by atoms with van der Waals surface area (Å²) >= 11 is 1.56. The number of aryl methyl sites for hydroxylation is 2. The first-order chi connectivity index (χ1) is 11.7. The zero-order valence-electron chi connectivity index (χ0n) is 14.3. The van der Waals surface area contributed by atoms with Crippen LogP contribution in [0.15, 0.2) is 54.6 Å². The maximum atomic E-state index is 14.6. The molecule has 2 heteroatoms. The molecule has 1 aromatic heterocycles. The van der Waals surface area contributed by atoms with Crippen molar-refractivity contribution in [3.63, 3.8) is 0 Å². The fraction of sp³-hybridized carbons (Fsp3) is 0.273. The Morgan fingerprint density at radius 1 is 1.04 bits per heavy atom. The van der Waals surface area contributed by atoms with Gasteiger partial charge in [0.05, 0.1) is 4.70 Å². The van der Waals surface area contributed by atoms with E-state index >= 15 is 0 Å². The minimum absolute atomic E-state index is 0.0337. The molecule has 24 heavy (non-hydrogen) atoms. The van der Waals surface area contributed by atoms with Crippen LogP contribution in [-0.4, -0.2) is 0 Å². The SMILES string of the molecule is C/C=C/CCc1ccc(-c2cc3ccc(CCC)c(F)c3s2)cc1. The normalized spacial score (nSPS) is 11.6. The molecular formula is C22H23FS. The Kier molecular flexibility index (Phi) is 5.47. The average Bonchev–Trinajstić information content (AvgIpc) is 3.04. The fourth-order valence-corrected chi connectivity index (χ4v) is 4.09. The van der Waals surface area contributed by atoms with Crippen molar-refractivity contribution in [3.05, 3.63) is 71.6 Å². The zero-order chi connectivity index (χ0) is 16.9. The number of allylic oxidation sites excluding steroid dienone is 2. The van der Waals surface area contributed by atoms with E-state index in [9.17, 15) is 4.39 Å². The Labute approximate surface area is 147 Å². The Morgan fingerprint density at radius 2 is 1.83 bits per heavy atom. The molecule has 0 saturated heterocycles. The first kappa shape index (κ1) is 16.9. The van der Waals surface area contributed by atoms with Crippen LogP contribution in [0.25, 0.3) is 20.5 Å². The minimum atomic E-state index is -0.0337. The van der Waals surface area contributed by atoms with Crippen LogP contribution in [-0.2, 0) is 12.8 Å². The van der Waals surface area contributed by atoms with Crippen molar-refractivity contribution in [2.24, 2.45) is 0 Å². The maximum Gasteiger partial charge on any atom is 0.144 e. The summed E-state index contributed by atoms with van der Waals surface area (Å²) in [6, 6.07) is 14.8. The van der Waals surface area contributed by atoms with Gasteiger partial charge in [-0.1, -0.05) is 61.9 Å². The predicted octanol–water partition coefficient (Wildman–Crippen LogP) is 7.17. The molecule has 0 aliphatic rings. The molecule has 0 nitrogen and oxygen atoms in total. The van der Waals surface area contributed by atoms with Gasteiger partial charge in [0.15, 0.2) is 0 Å². The number of fused-ring (bicyclic) bond motifs is 1. The molecule has 3 aromatic rings. The molecule has 0 saturated carbocycles. The van der Waals surface area contributed by atoms with Crippen LogP contribution in [0.3, 0.4) is 0 Å². The van der Waals surface area contributed by atoms with E-state index in [0.29, 0.717) is 0 Å². The molecule has 0 unspecified atom stereocenters. The van der Waals surface area contributed by atoms with Gasteiger partial charge in [0.2, 0.25) is 0 Å². The Morgan fingerprint density at radius 3 is 2.54 bits per heavy atom. The van der Waals surface area contributed by atoms with Crippen LogP contribution in [0.1, 0.15) is 37.8 Å². The maximum absolute atomic E-state index is 14.6. The molecule has 0 atom stereocenters. The van der Waals surface area contributed by atoms with Crippen molar-refractivity contribution in [3.8, 4) is 10.4 Å². The summed E-state index contributed by atoms with van der Waals surface area (Å²) in [6.45, 7) is 4.14. The summed E-state index contributed by atoms with van der Waals surface area (Å²) in [5, 5.41) is 1.00. The highest BCUT2D eigenvalue weighted by atomic mass is 32.1. The summed E-state index contributed by atoms with van der Waals surface area (Å²) in [5.41, 5.74) is 3.34. The fourth-order valence-electron chi connectivity index (χ4n) is 2.97. The predicted molar refractivity (Wildman–Crippen MR) is 104 cm³/mol. The molecule has 124 valence electrons. The van der Waals surface area contributed by atoms with Gasteiger partial charge in [0.1, 0.15) is 5.82 Å². The van der Waals surface area contributed by atoms with Crippen molar-refractivity contribution in [1.82, 2.24) is 0 Å².